The molecule has 296 valence electrons. The molecule has 0 aromatic rings. The fourth-order valence-electron chi connectivity index (χ4n) is 6.45. The number of hydrogen-bond acceptors (Lipinski definition) is 6. The molecule has 0 unspecified atom stereocenters. The lowest BCUT2D eigenvalue weighted by Crippen LogP contribution is -2.30. The minimum atomic E-state index is -0.758. The molecule has 0 aliphatic heterocycles. The molecule has 1 atom stereocenters. The third-order valence-corrected chi connectivity index (χ3v) is 9.79. The van der Waals surface area contributed by atoms with E-state index in [1.54, 1.807) is 0 Å². The molecule has 0 heterocycles. The highest BCUT2D eigenvalue weighted by molar-refractivity contribution is 5.71. The van der Waals surface area contributed by atoms with E-state index in [-0.39, 0.29) is 31.1 Å². The van der Waals surface area contributed by atoms with Crippen LogP contribution in [-0.4, -0.2) is 37.2 Å². The van der Waals surface area contributed by atoms with Crippen molar-refractivity contribution in [3.05, 3.63) is 0 Å². The molecule has 0 saturated heterocycles. The summed E-state index contributed by atoms with van der Waals surface area (Å²) in [5.41, 5.74) is 0. The van der Waals surface area contributed by atoms with Crippen molar-refractivity contribution in [2.45, 2.75) is 246 Å². The Morgan fingerprint density at radius 1 is 0.380 bits per heavy atom. The van der Waals surface area contributed by atoms with Crippen LogP contribution in [0, 0.1) is 5.92 Å². The summed E-state index contributed by atoms with van der Waals surface area (Å²) in [4.78, 5) is 37.5. The van der Waals surface area contributed by atoms with Crippen LogP contribution in [0.15, 0.2) is 0 Å². The van der Waals surface area contributed by atoms with Gasteiger partial charge in [-0.2, -0.15) is 0 Å². The molecule has 0 spiro atoms. The number of carbonyl (C=O) groups is 3. The van der Waals surface area contributed by atoms with Gasteiger partial charge < -0.3 is 14.2 Å². The maximum absolute atomic E-state index is 12.7. The lowest BCUT2D eigenvalue weighted by molar-refractivity contribution is -0.167. The van der Waals surface area contributed by atoms with Crippen molar-refractivity contribution in [2.75, 3.05) is 13.2 Å². The second kappa shape index (κ2) is 38.6. The monoisotopic (exact) mass is 709 g/mol. The van der Waals surface area contributed by atoms with Crippen LogP contribution in [0.25, 0.3) is 0 Å². The first kappa shape index (κ1) is 48.4. The van der Waals surface area contributed by atoms with E-state index in [2.05, 4.69) is 27.7 Å². The third kappa shape index (κ3) is 37.7. The summed E-state index contributed by atoms with van der Waals surface area (Å²) >= 11 is 0. The van der Waals surface area contributed by atoms with Gasteiger partial charge in [0.2, 0.25) is 0 Å². The van der Waals surface area contributed by atoms with Crippen LogP contribution in [0.3, 0.4) is 0 Å². The number of rotatable bonds is 39. The highest BCUT2D eigenvalue weighted by Gasteiger charge is 2.19. The van der Waals surface area contributed by atoms with Crippen molar-refractivity contribution in [3.63, 3.8) is 0 Å². The van der Waals surface area contributed by atoms with Crippen LogP contribution < -0.4 is 0 Å². The Labute approximate surface area is 310 Å². The average Bonchev–Trinajstić information content (AvgIpc) is 3.09. The normalized spacial score (nSPS) is 11.9. The molecular weight excluding hydrogens is 624 g/mol. The predicted molar refractivity (Wildman–Crippen MR) is 210 cm³/mol. The molecule has 0 rings (SSSR count). The Kier molecular flexibility index (Phi) is 37.4. The average molecular weight is 709 g/mol. The Balaban J connectivity index is 4.31. The topological polar surface area (TPSA) is 78.9 Å². The maximum atomic E-state index is 12.7. The van der Waals surface area contributed by atoms with Gasteiger partial charge >= 0.3 is 17.9 Å². The fourth-order valence-corrected chi connectivity index (χ4v) is 6.45. The predicted octanol–water partition coefficient (Wildman–Crippen LogP) is 13.6. The van der Waals surface area contributed by atoms with Crippen LogP contribution >= 0.6 is 0 Å². The van der Waals surface area contributed by atoms with Crippen molar-refractivity contribution in [2.24, 2.45) is 5.92 Å². The Bertz CT molecular complexity index is 751. The van der Waals surface area contributed by atoms with Crippen LogP contribution in [0.2, 0.25) is 0 Å². The Hall–Kier alpha value is -1.59. The molecule has 0 saturated carbocycles. The number of hydrogen-bond donors (Lipinski definition) is 0. The first-order valence-corrected chi connectivity index (χ1v) is 21.9. The second-order valence-electron chi connectivity index (χ2n) is 15.5. The zero-order valence-electron chi connectivity index (χ0n) is 33.9. The van der Waals surface area contributed by atoms with E-state index in [9.17, 15) is 14.4 Å². The van der Waals surface area contributed by atoms with Gasteiger partial charge in [0.1, 0.15) is 13.2 Å². The second-order valence-corrected chi connectivity index (χ2v) is 15.5. The van der Waals surface area contributed by atoms with Crippen molar-refractivity contribution in [3.8, 4) is 0 Å². The molecule has 0 aromatic carbocycles. The summed E-state index contributed by atoms with van der Waals surface area (Å²) in [5, 5.41) is 0. The smallest absolute Gasteiger partial charge is 0.306 e. The van der Waals surface area contributed by atoms with E-state index < -0.39 is 6.10 Å². The van der Waals surface area contributed by atoms with Crippen molar-refractivity contribution in [1.29, 1.82) is 0 Å². The van der Waals surface area contributed by atoms with Gasteiger partial charge in [0.15, 0.2) is 6.10 Å². The van der Waals surface area contributed by atoms with Gasteiger partial charge in [0.25, 0.3) is 0 Å². The minimum absolute atomic E-state index is 0.0651. The Morgan fingerprint density at radius 2 is 0.660 bits per heavy atom. The van der Waals surface area contributed by atoms with Crippen molar-refractivity contribution in [1.82, 2.24) is 0 Å². The van der Waals surface area contributed by atoms with Crippen LogP contribution in [-0.2, 0) is 28.6 Å². The lowest BCUT2D eigenvalue weighted by atomic mass is 10.0. The zero-order valence-corrected chi connectivity index (χ0v) is 33.9. The molecule has 0 amide bonds. The van der Waals surface area contributed by atoms with E-state index in [4.69, 9.17) is 14.2 Å². The summed E-state index contributed by atoms with van der Waals surface area (Å²) in [6.07, 6.45) is 36.7. The van der Waals surface area contributed by atoms with E-state index in [0.29, 0.717) is 19.3 Å². The largest absolute Gasteiger partial charge is 0.462 e. The highest BCUT2D eigenvalue weighted by Crippen LogP contribution is 2.16. The molecule has 6 heteroatoms. The van der Waals surface area contributed by atoms with E-state index >= 15 is 0 Å². The summed E-state index contributed by atoms with van der Waals surface area (Å²) in [7, 11) is 0. The number of ether oxygens (including phenoxy) is 3. The lowest BCUT2D eigenvalue weighted by Gasteiger charge is -2.18. The first-order chi connectivity index (χ1) is 24.4. The first-order valence-electron chi connectivity index (χ1n) is 21.9. The summed E-state index contributed by atoms with van der Waals surface area (Å²) in [5.74, 6) is -0.0999. The minimum Gasteiger partial charge on any atom is -0.462 e. The molecule has 0 fully saturated rings. The highest BCUT2D eigenvalue weighted by atomic mass is 16.6. The van der Waals surface area contributed by atoms with Crippen molar-refractivity contribution < 1.29 is 28.6 Å². The Morgan fingerprint density at radius 3 is 0.980 bits per heavy atom. The van der Waals surface area contributed by atoms with Gasteiger partial charge in [-0.05, 0) is 25.2 Å². The number of unbranched alkanes of at least 4 members (excludes halogenated alkanes) is 26. The van der Waals surface area contributed by atoms with Gasteiger partial charge in [0.05, 0.1) is 0 Å². The van der Waals surface area contributed by atoms with Gasteiger partial charge in [-0.3, -0.25) is 14.4 Å². The molecule has 0 radical (unpaired) electrons. The zero-order chi connectivity index (χ0) is 36.8. The molecule has 0 bridgehead atoms. The molecule has 0 aliphatic rings. The van der Waals surface area contributed by atoms with Crippen LogP contribution in [0.4, 0.5) is 0 Å². The van der Waals surface area contributed by atoms with Crippen LogP contribution in [0.5, 0.6) is 0 Å². The van der Waals surface area contributed by atoms with E-state index in [1.807, 2.05) is 0 Å². The number of carbonyl (C=O) groups excluding carboxylic acids is 3. The maximum Gasteiger partial charge on any atom is 0.306 e. The van der Waals surface area contributed by atoms with Crippen LogP contribution in [0.1, 0.15) is 240 Å². The summed E-state index contributed by atoms with van der Waals surface area (Å²) in [6.45, 7) is 8.90. The molecule has 6 nitrogen and oxygen atoms in total. The van der Waals surface area contributed by atoms with Gasteiger partial charge in [-0.25, -0.2) is 0 Å². The van der Waals surface area contributed by atoms with Crippen molar-refractivity contribution >= 4 is 17.9 Å². The van der Waals surface area contributed by atoms with Gasteiger partial charge in [0, 0.05) is 19.3 Å². The molecular formula is C44H84O6. The molecule has 50 heavy (non-hydrogen) atoms. The molecule has 0 aromatic heterocycles. The summed E-state index contributed by atoms with van der Waals surface area (Å²) in [6, 6.07) is 0. The van der Waals surface area contributed by atoms with Gasteiger partial charge in [-0.1, -0.05) is 201 Å². The standard InChI is InChI=1S/C44H84O6/c1-5-7-9-11-13-15-16-17-18-19-21-23-29-33-37-44(47)50-41(38-48-42(45)35-31-27-22-20-14-12-10-8-6-2)39-49-43(46)36-32-28-25-24-26-30-34-40(3)4/h40-41H,5-39H2,1-4H3/t41-/m0/s1. The van der Waals surface area contributed by atoms with Gasteiger partial charge in [-0.15, -0.1) is 0 Å². The molecule has 0 aliphatic carbocycles. The summed E-state index contributed by atoms with van der Waals surface area (Å²) < 4.78 is 16.6. The third-order valence-electron chi connectivity index (χ3n) is 9.79. The molecule has 0 N–H and O–H groups in total. The SMILES string of the molecule is CCCCCCCCCCCCCCCCC(=O)O[C@@H](COC(=O)CCCCCCCCCCC)COC(=O)CCCCCCCCC(C)C. The quantitative estimate of drug-likeness (QED) is 0.0359. The number of esters is 3. The van der Waals surface area contributed by atoms with E-state index in [1.165, 1.54) is 135 Å². The van der Waals surface area contributed by atoms with E-state index in [0.717, 1.165) is 63.7 Å². The fraction of sp³-hybridized carbons (Fsp3) is 0.932.